The third kappa shape index (κ3) is 3.46. The Morgan fingerprint density at radius 3 is 3.00 bits per heavy atom. The zero-order chi connectivity index (χ0) is 17.1. The summed E-state index contributed by atoms with van der Waals surface area (Å²) >= 11 is 1.51. The zero-order valence-corrected chi connectivity index (χ0v) is 13.8. The van der Waals surface area contributed by atoms with Crippen LogP contribution in [-0.4, -0.2) is 47.4 Å². The van der Waals surface area contributed by atoms with Crippen LogP contribution in [0.5, 0.6) is 0 Å². The minimum absolute atomic E-state index is 0.0103. The first-order chi connectivity index (χ1) is 11.5. The molecule has 1 saturated heterocycles. The van der Waals surface area contributed by atoms with Crippen LogP contribution in [0.4, 0.5) is 4.79 Å². The molecule has 0 saturated carbocycles. The molecular formula is C15H16N4O4S. The van der Waals surface area contributed by atoms with Crippen LogP contribution in [0.3, 0.4) is 0 Å². The number of imide groups is 1. The Bertz CT molecular complexity index is 753. The van der Waals surface area contributed by atoms with Gasteiger partial charge in [-0.1, -0.05) is 6.07 Å². The summed E-state index contributed by atoms with van der Waals surface area (Å²) in [5.41, 5.74) is 0.575. The molecule has 0 unspecified atom stereocenters. The highest BCUT2D eigenvalue weighted by Gasteiger charge is 2.27. The molecule has 0 radical (unpaired) electrons. The summed E-state index contributed by atoms with van der Waals surface area (Å²) in [6.45, 7) is 2.12. The molecule has 0 bridgehead atoms. The van der Waals surface area contributed by atoms with Crippen molar-refractivity contribution in [3.63, 3.8) is 0 Å². The zero-order valence-electron chi connectivity index (χ0n) is 13.0. The van der Waals surface area contributed by atoms with E-state index in [1.165, 1.54) is 11.3 Å². The van der Waals surface area contributed by atoms with Gasteiger partial charge < -0.3 is 15.1 Å². The van der Waals surface area contributed by atoms with Gasteiger partial charge in [-0.2, -0.15) is 0 Å². The van der Waals surface area contributed by atoms with Crippen LogP contribution >= 0.6 is 11.3 Å². The molecule has 8 nitrogen and oxygen atoms in total. The van der Waals surface area contributed by atoms with Gasteiger partial charge in [-0.25, -0.2) is 9.78 Å². The van der Waals surface area contributed by atoms with E-state index >= 15 is 0 Å². The molecule has 2 aromatic rings. The summed E-state index contributed by atoms with van der Waals surface area (Å²) < 4.78 is 5.59. The maximum atomic E-state index is 12.0. The number of rotatable bonds is 6. The van der Waals surface area contributed by atoms with Crippen molar-refractivity contribution in [2.75, 3.05) is 19.6 Å². The van der Waals surface area contributed by atoms with Crippen molar-refractivity contribution < 1.29 is 18.8 Å². The van der Waals surface area contributed by atoms with Crippen molar-refractivity contribution in [2.24, 2.45) is 0 Å². The monoisotopic (exact) mass is 348 g/mol. The van der Waals surface area contributed by atoms with Gasteiger partial charge >= 0.3 is 6.03 Å². The van der Waals surface area contributed by atoms with Crippen molar-refractivity contribution in [3.8, 4) is 10.8 Å². The Morgan fingerprint density at radius 1 is 1.50 bits per heavy atom. The van der Waals surface area contributed by atoms with Gasteiger partial charge in [-0.15, -0.1) is 11.3 Å². The molecule has 1 aliphatic heterocycles. The number of thiophene rings is 1. The largest absolute Gasteiger partial charge is 0.440 e. The third-order valence-corrected chi connectivity index (χ3v) is 4.41. The van der Waals surface area contributed by atoms with Crippen LogP contribution in [0.2, 0.25) is 0 Å². The van der Waals surface area contributed by atoms with E-state index < -0.39 is 6.03 Å². The van der Waals surface area contributed by atoms with Crippen LogP contribution in [0, 0.1) is 6.92 Å². The van der Waals surface area contributed by atoms with Gasteiger partial charge in [0.1, 0.15) is 5.76 Å². The van der Waals surface area contributed by atoms with Gasteiger partial charge in [0, 0.05) is 13.1 Å². The van der Waals surface area contributed by atoms with Gasteiger partial charge in [-0.3, -0.25) is 14.5 Å². The van der Waals surface area contributed by atoms with Gasteiger partial charge in [0.05, 0.1) is 23.5 Å². The van der Waals surface area contributed by atoms with E-state index in [0.29, 0.717) is 17.3 Å². The maximum absolute atomic E-state index is 12.0. The fourth-order valence-corrected chi connectivity index (χ4v) is 2.95. The molecule has 24 heavy (non-hydrogen) atoms. The number of nitrogens with zero attached hydrogens (tertiary/aromatic N) is 2. The fourth-order valence-electron chi connectivity index (χ4n) is 2.30. The van der Waals surface area contributed by atoms with Crippen LogP contribution in [0.25, 0.3) is 10.8 Å². The third-order valence-electron chi connectivity index (χ3n) is 3.55. The lowest BCUT2D eigenvalue weighted by Gasteiger charge is -2.12. The van der Waals surface area contributed by atoms with E-state index in [9.17, 15) is 14.4 Å². The van der Waals surface area contributed by atoms with Crippen LogP contribution < -0.4 is 10.6 Å². The Balaban J connectivity index is 1.52. The topological polar surface area (TPSA) is 105 Å². The van der Waals surface area contributed by atoms with Crippen LogP contribution in [-0.2, 0) is 16.0 Å². The number of oxazole rings is 1. The van der Waals surface area contributed by atoms with Crippen LogP contribution in [0.15, 0.2) is 21.9 Å². The van der Waals surface area contributed by atoms with Crippen LogP contribution in [0.1, 0.15) is 11.5 Å². The van der Waals surface area contributed by atoms with Crippen molar-refractivity contribution in [1.82, 2.24) is 20.5 Å². The SMILES string of the molecule is Cc1oc(-c2cccs2)nc1CC(=O)NCCN1C(=O)CNC1=O. The standard InChI is InChI=1S/C15H16N4O4S/c1-9-10(18-14(23-9)11-3-2-6-24-11)7-12(20)16-4-5-19-13(21)8-17-15(19)22/h2-3,6H,4-5,7-8H2,1H3,(H,16,20)(H,17,22). The summed E-state index contributed by atoms with van der Waals surface area (Å²) in [6, 6.07) is 3.38. The average molecular weight is 348 g/mol. The highest BCUT2D eigenvalue weighted by atomic mass is 32.1. The Morgan fingerprint density at radius 2 is 2.33 bits per heavy atom. The summed E-state index contributed by atoms with van der Waals surface area (Å²) in [5.74, 6) is 0.575. The molecule has 2 aromatic heterocycles. The number of nitrogens with one attached hydrogen (secondary N) is 2. The fraction of sp³-hybridized carbons (Fsp3) is 0.333. The summed E-state index contributed by atoms with van der Waals surface area (Å²) in [6.07, 6.45) is 0.0842. The number of carbonyl (C=O) groups excluding carboxylic acids is 3. The van der Waals surface area contributed by atoms with E-state index in [0.717, 1.165) is 9.78 Å². The second-order valence-electron chi connectivity index (χ2n) is 5.23. The van der Waals surface area contributed by atoms with Crippen molar-refractivity contribution in [3.05, 3.63) is 29.0 Å². The number of amides is 4. The highest BCUT2D eigenvalue weighted by Crippen LogP contribution is 2.25. The smallest absolute Gasteiger partial charge is 0.324 e. The highest BCUT2D eigenvalue weighted by molar-refractivity contribution is 7.13. The van der Waals surface area contributed by atoms with E-state index in [2.05, 4.69) is 15.6 Å². The second-order valence-corrected chi connectivity index (χ2v) is 6.18. The number of carbonyl (C=O) groups is 3. The van der Waals surface area contributed by atoms with Gasteiger partial charge in [-0.05, 0) is 18.4 Å². The Hall–Kier alpha value is -2.68. The van der Waals surface area contributed by atoms with Gasteiger partial charge in [0.15, 0.2) is 0 Å². The molecule has 0 aliphatic carbocycles. The Labute approximate surface area is 141 Å². The number of aromatic nitrogens is 1. The predicted octanol–water partition coefficient (Wildman–Crippen LogP) is 0.922. The lowest BCUT2D eigenvalue weighted by Crippen LogP contribution is -2.39. The molecule has 9 heteroatoms. The molecule has 0 atom stereocenters. The molecule has 0 aromatic carbocycles. The Kier molecular flexibility index (Phi) is 4.61. The molecule has 0 spiro atoms. The first-order valence-electron chi connectivity index (χ1n) is 7.39. The van der Waals surface area contributed by atoms with Crippen molar-refractivity contribution in [1.29, 1.82) is 0 Å². The molecule has 1 aliphatic rings. The normalized spacial score (nSPS) is 14.1. The summed E-state index contributed by atoms with van der Waals surface area (Å²) in [5, 5.41) is 7.03. The minimum Gasteiger partial charge on any atom is -0.440 e. The van der Waals surface area contributed by atoms with E-state index in [4.69, 9.17) is 4.42 Å². The van der Waals surface area contributed by atoms with E-state index in [1.807, 2.05) is 17.5 Å². The number of hydrogen-bond donors (Lipinski definition) is 2. The molecule has 126 valence electrons. The lowest BCUT2D eigenvalue weighted by atomic mass is 10.2. The summed E-state index contributed by atoms with van der Waals surface area (Å²) in [4.78, 5) is 41.1. The summed E-state index contributed by atoms with van der Waals surface area (Å²) in [7, 11) is 0. The van der Waals surface area contributed by atoms with Crippen molar-refractivity contribution in [2.45, 2.75) is 13.3 Å². The van der Waals surface area contributed by atoms with E-state index in [1.54, 1.807) is 6.92 Å². The average Bonchev–Trinajstić information content (AvgIpc) is 3.25. The molecule has 1 fully saturated rings. The number of aryl methyl sites for hydroxylation is 1. The second kappa shape index (κ2) is 6.83. The first kappa shape index (κ1) is 16.2. The predicted molar refractivity (Wildman–Crippen MR) is 86.4 cm³/mol. The van der Waals surface area contributed by atoms with Gasteiger partial charge in [0.2, 0.25) is 17.7 Å². The van der Waals surface area contributed by atoms with Gasteiger partial charge in [0.25, 0.3) is 0 Å². The van der Waals surface area contributed by atoms with E-state index in [-0.39, 0.29) is 37.9 Å². The molecule has 3 heterocycles. The molecule has 4 amide bonds. The number of urea groups is 1. The number of hydrogen-bond acceptors (Lipinski definition) is 6. The minimum atomic E-state index is -0.429. The molecule has 2 N–H and O–H groups in total. The first-order valence-corrected chi connectivity index (χ1v) is 8.27. The molecule has 3 rings (SSSR count). The van der Waals surface area contributed by atoms with Crippen molar-refractivity contribution >= 4 is 29.2 Å². The molecular weight excluding hydrogens is 332 g/mol. The maximum Gasteiger partial charge on any atom is 0.324 e. The lowest BCUT2D eigenvalue weighted by molar-refractivity contribution is -0.125. The quantitative estimate of drug-likeness (QED) is 0.756.